The third kappa shape index (κ3) is 3.06. The van der Waals surface area contributed by atoms with E-state index in [0.717, 1.165) is 16.3 Å². The van der Waals surface area contributed by atoms with E-state index in [1.54, 1.807) is 24.3 Å². The van der Waals surface area contributed by atoms with E-state index >= 15 is 0 Å². The monoisotopic (exact) mass is 396 g/mol. The van der Waals surface area contributed by atoms with Crippen LogP contribution in [0.2, 0.25) is 0 Å². The largest absolute Gasteiger partial charge is 0.429 e. The van der Waals surface area contributed by atoms with Crippen molar-refractivity contribution in [2.24, 2.45) is 0 Å². The minimum absolute atomic E-state index is 0.469. The van der Waals surface area contributed by atoms with Crippen LogP contribution in [-0.4, -0.2) is 0 Å². The molecule has 3 aromatic carbocycles. The topological polar surface area (TPSA) is 36.9 Å². The summed E-state index contributed by atoms with van der Waals surface area (Å²) in [6.45, 7) is 0. The van der Waals surface area contributed by atoms with Gasteiger partial charge in [0.1, 0.15) is 17.2 Å². The molecule has 0 saturated heterocycles. The second kappa shape index (κ2) is 7.60. The number of thiol groups is 4. The molecule has 0 fully saturated rings. The van der Waals surface area contributed by atoms with Gasteiger partial charge >= 0.3 is 0 Å². The predicted octanol–water partition coefficient (Wildman–Crippen LogP) is 5.40. The van der Waals surface area contributed by atoms with Crippen LogP contribution in [0.3, 0.4) is 0 Å². The van der Waals surface area contributed by atoms with E-state index in [4.69, 9.17) is 16.7 Å². The van der Waals surface area contributed by atoms with Crippen LogP contribution in [0, 0.1) is 0 Å². The molecule has 0 aromatic heterocycles. The first-order valence-corrected chi connectivity index (χ1v) is 8.15. The first-order chi connectivity index (χ1) is 11.7. The summed E-state index contributed by atoms with van der Waals surface area (Å²) in [4.78, 5) is 0. The lowest BCUT2D eigenvalue weighted by molar-refractivity contribution is 0.628. The zero-order chi connectivity index (χ0) is 17.1. The van der Waals surface area contributed by atoms with Crippen LogP contribution in [0.4, 0.5) is 0 Å². The molecule has 0 N–H and O–H groups in total. The first kappa shape index (κ1) is 17.3. The van der Waals surface area contributed by atoms with Crippen molar-refractivity contribution < 1.29 is 16.7 Å². The molecular weight excluding hydrogens is 384 g/mol. The fraction of sp³-hybridized carbons (Fsp3) is 0. The first-order valence-electron chi connectivity index (χ1n) is 6.69. The molecule has 0 aliphatic rings. The highest BCUT2D eigenvalue weighted by Crippen LogP contribution is 2.46. The van der Waals surface area contributed by atoms with Gasteiger partial charge in [0.2, 0.25) is 0 Å². The Labute approximate surface area is 161 Å². The van der Waals surface area contributed by atoms with Gasteiger partial charge in [-0.1, -0.05) is 24.3 Å². The summed E-state index contributed by atoms with van der Waals surface area (Å²) in [6.07, 6.45) is 0. The van der Waals surface area contributed by atoms with E-state index in [2.05, 4.69) is 51.6 Å². The molecule has 0 bridgehead atoms. The van der Waals surface area contributed by atoms with Crippen LogP contribution < -0.4 is 16.7 Å². The van der Waals surface area contributed by atoms with Crippen molar-refractivity contribution in [3.05, 3.63) is 48.5 Å². The number of hydrogen-bond donors (Lipinski definition) is 4. The highest BCUT2D eigenvalue weighted by Gasteiger charge is 2.19. The van der Waals surface area contributed by atoms with Gasteiger partial charge in [0.25, 0.3) is 0 Å². The molecule has 0 atom stereocenters. The molecule has 3 rings (SSSR count). The van der Waals surface area contributed by atoms with E-state index in [0.29, 0.717) is 28.6 Å². The van der Waals surface area contributed by atoms with Crippen molar-refractivity contribution in [3.8, 4) is 34.1 Å². The van der Waals surface area contributed by atoms with Gasteiger partial charge in [-0.2, -0.15) is 0 Å². The number of benzene rings is 3. The van der Waals surface area contributed by atoms with Crippen molar-refractivity contribution >= 4 is 62.4 Å². The zero-order valence-corrected chi connectivity index (χ0v) is 15.6. The summed E-state index contributed by atoms with van der Waals surface area (Å²) >= 11 is 15.7. The standard InChI is InChI=1S/C16H12O4S4/c21-17-9-5-6-11(14(7-9)18-22)13-8-15(19-23)10-3-1-2-4-12(10)16(13)20-24/h1-8,21-24H. The molecule has 0 amide bonds. The Hall–Kier alpha value is -1.48. The molecule has 0 saturated carbocycles. The highest BCUT2D eigenvalue weighted by atomic mass is 32.1. The summed E-state index contributed by atoms with van der Waals surface area (Å²) in [7, 11) is 0. The second-order valence-corrected chi connectivity index (χ2v) is 5.55. The minimum Gasteiger partial charge on any atom is -0.429 e. The molecule has 0 aliphatic heterocycles. The molecule has 4 nitrogen and oxygen atoms in total. The second-order valence-electron chi connectivity index (χ2n) is 4.82. The van der Waals surface area contributed by atoms with E-state index in [9.17, 15) is 0 Å². The average molecular weight is 397 g/mol. The molecule has 0 heterocycles. The summed E-state index contributed by atoms with van der Waals surface area (Å²) in [6, 6.07) is 14.6. The summed E-state index contributed by atoms with van der Waals surface area (Å²) < 4.78 is 20.7. The predicted molar refractivity (Wildman–Crippen MR) is 108 cm³/mol. The van der Waals surface area contributed by atoms with Crippen LogP contribution in [-0.2, 0) is 0 Å². The van der Waals surface area contributed by atoms with Gasteiger partial charge < -0.3 is 16.7 Å². The van der Waals surface area contributed by atoms with Crippen LogP contribution in [0.5, 0.6) is 23.0 Å². The molecule has 0 radical (unpaired) electrons. The molecule has 0 unspecified atom stereocenters. The SMILES string of the molecule is SOc1ccc(-c2cc(OS)c3ccccc3c2OS)c(OS)c1. The fourth-order valence-electron chi connectivity index (χ4n) is 2.55. The van der Waals surface area contributed by atoms with Gasteiger partial charge in [0.05, 0.1) is 0 Å². The molecule has 24 heavy (non-hydrogen) atoms. The van der Waals surface area contributed by atoms with E-state index < -0.39 is 0 Å². The molecule has 0 spiro atoms. The van der Waals surface area contributed by atoms with Crippen LogP contribution in [0.1, 0.15) is 0 Å². The van der Waals surface area contributed by atoms with Crippen molar-refractivity contribution in [2.75, 3.05) is 0 Å². The molecule has 0 aliphatic carbocycles. The minimum atomic E-state index is 0.469. The zero-order valence-electron chi connectivity index (χ0n) is 12.0. The molecule has 124 valence electrons. The Kier molecular flexibility index (Phi) is 5.50. The Morgan fingerprint density at radius 2 is 1.29 bits per heavy atom. The summed E-state index contributed by atoms with van der Waals surface area (Å²) in [5, 5.41) is 1.68. The van der Waals surface area contributed by atoms with Gasteiger partial charge in [-0.15, -0.1) is 0 Å². The lowest BCUT2D eigenvalue weighted by atomic mass is 9.98. The van der Waals surface area contributed by atoms with Gasteiger partial charge in [0, 0.05) is 79.6 Å². The van der Waals surface area contributed by atoms with Crippen molar-refractivity contribution in [1.82, 2.24) is 0 Å². The van der Waals surface area contributed by atoms with E-state index in [-0.39, 0.29) is 0 Å². The molecule has 3 aromatic rings. The fourth-order valence-corrected chi connectivity index (χ4v) is 3.16. The van der Waals surface area contributed by atoms with E-state index in [1.807, 2.05) is 24.3 Å². The van der Waals surface area contributed by atoms with Crippen molar-refractivity contribution in [2.45, 2.75) is 0 Å². The number of fused-ring (bicyclic) bond motifs is 1. The van der Waals surface area contributed by atoms with Crippen molar-refractivity contribution in [3.63, 3.8) is 0 Å². The maximum Gasteiger partial charge on any atom is 0.153 e. The summed E-state index contributed by atoms with van der Waals surface area (Å²) in [5.41, 5.74) is 1.43. The number of hydrogen-bond acceptors (Lipinski definition) is 8. The van der Waals surface area contributed by atoms with Gasteiger partial charge in [0.15, 0.2) is 5.75 Å². The third-order valence-corrected chi connectivity index (χ3v) is 4.38. The smallest absolute Gasteiger partial charge is 0.153 e. The maximum absolute atomic E-state index is 5.36. The quantitative estimate of drug-likeness (QED) is 0.344. The molecule has 8 heteroatoms. The van der Waals surface area contributed by atoms with Crippen LogP contribution >= 0.6 is 51.6 Å². The highest BCUT2D eigenvalue weighted by molar-refractivity contribution is 7.76. The third-order valence-electron chi connectivity index (χ3n) is 3.59. The van der Waals surface area contributed by atoms with Gasteiger partial charge in [-0.05, 0) is 18.2 Å². The van der Waals surface area contributed by atoms with Gasteiger partial charge in [-0.3, -0.25) is 0 Å². The van der Waals surface area contributed by atoms with Crippen LogP contribution in [0.15, 0.2) is 48.5 Å². The normalized spacial score (nSPS) is 10.5. The van der Waals surface area contributed by atoms with Gasteiger partial charge in [-0.25, -0.2) is 0 Å². The summed E-state index contributed by atoms with van der Waals surface area (Å²) in [5.74, 6) is 2.13. The Bertz CT molecular complexity index is 885. The Balaban J connectivity index is 2.34. The Morgan fingerprint density at radius 3 is 1.92 bits per heavy atom. The lowest BCUT2D eigenvalue weighted by Gasteiger charge is -2.16. The number of rotatable bonds is 5. The Morgan fingerprint density at radius 1 is 0.583 bits per heavy atom. The van der Waals surface area contributed by atoms with E-state index in [1.165, 1.54) is 0 Å². The van der Waals surface area contributed by atoms with Crippen LogP contribution in [0.25, 0.3) is 21.9 Å². The molecular formula is C16H12O4S4. The lowest BCUT2D eigenvalue weighted by Crippen LogP contribution is -1.91. The van der Waals surface area contributed by atoms with Crippen molar-refractivity contribution in [1.29, 1.82) is 0 Å². The maximum atomic E-state index is 5.36. The average Bonchev–Trinajstić information content (AvgIpc) is 2.66.